The average molecular weight is 578 g/mol. The monoisotopic (exact) mass is 577 g/mol. The summed E-state index contributed by atoms with van der Waals surface area (Å²) in [5.41, 5.74) is 2.33. The maximum Gasteiger partial charge on any atom is 0.496 e. The topological polar surface area (TPSA) is 36.7 Å². The summed E-state index contributed by atoms with van der Waals surface area (Å²) < 4.78 is 86.0. The van der Waals surface area contributed by atoms with Crippen molar-refractivity contribution in [3.63, 3.8) is 0 Å². The van der Waals surface area contributed by atoms with Gasteiger partial charge in [-0.2, -0.15) is 8.78 Å². The zero-order chi connectivity index (χ0) is 35.1. The van der Waals surface area contributed by atoms with Crippen LogP contribution >= 0.6 is 0 Å². The molecule has 6 aromatic rings. The predicted molar refractivity (Wildman–Crippen MR) is 168 cm³/mol. The zero-order valence-corrected chi connectivity index (χ0v) is 23.7. The minimum Gasteiger partial charge on any atom is -0.292 e. The van der Waals surface area contributed by atoms with E-state index in [-0.39, 0.29) is 22.5 Å². The van der Waals surface area contributed by atoms with Gasteiger partial charge in [0.05, 0.1) is 16.6 Å². The van der Waals surface area contributed by atoms with Gasteiger partial charge in [-0.3, -0.25) is 9.55 Å². The van der Waals surface area contributed by atoms with Gasteiger partial charge < -0.3 is 0 Å². The van der Waals surface area contributed by atoms with E-state index in [2.05, 4.69) is 16.0 Å². The lowest BCUT2D eigenvalue weighted by Gasteiger charge is -2.23. The first kappa shape index (κ1) is 20.8. The van der Waals surface area contributed by atoms with E-state index in [1.54, 1.807) is 59.3 Å². The number of hydrogen-bond acceptors (Lipinski definition) is 2. The van der Waals surface area contributed by atoms with E-state index in [1.807, 2.05) is 20.8 Å². The molecule has 0 aliphatic carbocycles. The van der Waals surface area contributed by atoms with Crippen LogP contribution in [0.2, 0.25) is 0 Å². The van der Waals surface area contributed by atoms with E-state index >= 15 is 8.78 Å². The third-order valence-electron chi connectivity index (χ3n) is 7.83. The number of fused-ring (bicyclic) bond motifs is 4. The van der Waals surface area contributed by atoms with Gasteiger partial charge in [0.1, 0.15) is 9.93 Å². The molecule has 0 radical (unpaired) electrons. The molecule has 0 fully saturated rings. The van der Waals surface area contributed by atoms with Gasteiger partial charge in [0, 0.05) is 57.3 Å². The first-order valence-corrected chi connectivity index (χ1v) is 13.8. The first-order chi connectivity index (χ1) is 22.9. The summed E-state index contributed by atoms with van der Waals surface area (Å²) >= 11 is 0. The lowest BCUT2D eigenvalue weighted by atomic mass is 9.84. The number of nitrogens with zero attached hydrogens (tertiary/aromatic N) is 5. The Bertz CT molecular complexity index is 2380. The standard InChI is InChI=1S/C36H31F2N5/c1-23-14-16-39-33(17-23)43-31-11-8-15-40-34(31)28-13-12-24(21-32(28)43)36(37,38)26-18-25(35(2,3)4)19-27(20-26)42-22-41(5)29-9-6-7-10-30(29)42/h6-21H,1-5H3/q+2/i1D3,5D3. The minimum atomic E-state index is -3.52. The van der Waals surface area contributed by atoms with Crippen molar-refractivity contribution < 1.29 is 21.6 Å². The Kier molecular flexibility index (Phi) is 4.60. The van der Waals surface area contributed by atoms with Gasteiger partial charge in [0.25, 0.3) is 17.3 Å². The molecular weight excluding hydrogens is 540 g/mol. The molecule has 0 saturated carbocycles. The van der Waals surface area contributed by atoms with Crippen molar-refractivity contribution in [3.8, 4) is 5.82 Å². The Labute approximate surface area is 257 Å². The maximum atomic E-state index is 17.0. The second-order valence-corrected chi connectivity index (χ2v) is 11.7. The Hall–Kier alpha value is -5.00. The number of rotatable bonds is 4. The summed E-state index contributed by atoms with van der Waals surface area (Å²) in [5, 5.41) is 0.600. The molecule has 5 nitrogen and oxygen atoms in total. The van der Waals surface area contributed by atoms with Crippen LogP contribution in [0.3, 0.4) is 0 Å². The van der Waals surface area contributed by atoms with Crippen molar-refractivity contribution in [1.82, 2.24) is 19.1 Å². The number of halogens is 2. The molecule has 212 valence electrons. The molecule has 0 N–H and O–H groups in total. The minimum absolute atomic E-state index is 0.0681. The van der Waals surface area contributed by atoms with Crippen molar-refractivity contribution in [2.75, 3.05) is 6.98 Å². The number of benzene rings is 3. The first-order valence-electron chi connectivity index (χ1n) is 16.8. The molecule has 1 aliphatic rings. The molecule has 0 spiro atoms. The molecule has 3 aromatic carbocycles. The van der Waals surface area contributed by atoms with Gasteiger partial charge in [-0.25, -0.2) is 4.98 Å². The average Bonchev–Trinajstić information content (AvgIpc) is 3.60. The molecule has 0 bridgehead atoms. The Morgan fingerprint density at radius 1 is 0.791 bits per heavy atom. The summed E-state index contributed by atoms with van der Waals surface area (Å²) in [5.74, 6) is -3.26. The van der Waals surface area contributed by atoms with Gasteiger partial charge in [0.15, 0.2) is 6.98 Å². The van der Waals surface area contributed by atoms with Gasteiger partial charge >= 0.3 is 6.01 Å². The van der Waals surface area contributed by atoms with Gasteiger partial charge in [-0.05, 0) is 64.4 Å². The van der Waals surface area contributed by atoms with Crippen LogP contribution in [-0.4, -0.2) is 32.1 Å². The molecular formula is C36H31F2N5+2. The highest BCUT2D eigenvalue weighted by Crippen LogP contribution is 2.43. The fourth-order valence-electron chi connectivity index (χ4n) is 5.58. The fraction of sp³-hybridized carbons (Fsp3) is 0.194. The number of pyridine rings is 2. The molecule has 0 unspecified atom stereocenters. The van der Waals surface area contributed by atoms with E-state index in [0.717, 1.165) is 4.58 Å². The van der Waals surface area contributed by atoms with E-state index in [9.17, 15) is 0 Å². The highest BCUT2D eigenvalue weighted by Gasteiger charge is 2.39. The second kappa shape index (κ2) is 9.51. The molecule has 0 saturated heterocycles. The third-order valence-corrected chi connectivity index (χ3v) is 7.83. The van der Waals surface area contributed by atoms with E-state index in [0.29, 0.717) is 44.6 Å². The maximum absolute atomic E-state index is 17.0. The highest BCUT2D eigenvalue weighted by molar-refractivity contribution is 6.07. The van der Waals surface area contributed by atoms with E-state index < -0.39 is 25.2 Å². The Morgan fingerprint density at radius 3 is 2.40 bits per heavy atom. The van der Waals surface area contributed by atoms with Crippen LogP contribution in [0.5, 0.6) is 0 Å². The Morgan fingerprint density at radius 2 is 1.60 bits per heavy atom. The summed E-state index contributed by atoms with van der Waals surface area (Å²) in [7, 11) is 0. The van der Waals surface area contributed by atoms with Gasteiger partial charge in [-0.1, -0.05) is 49.6 Å². The normalized spacial score (nSPS) is 16.0. The summed E-state index contributed by atoms with van der Waals surface area (Å²) in [6.45, 7) is 0.831. The lowest BCUT2D eigenvalue weighted by Crippen LogP contribution is -2.19. The second-order valence-electron chi connectivity index (χ2n) is 11.7. The van der Waals surface area contributed by atoms with Crippen molar-refractivity contribution in [3.05, 3.63) is 120 Å². The fourth-order valence-corrected chi connectivity index (χ4v) is 5.58. The molecule has 1 aliphatic heterocycles. The van der Waals surface area contributed by atoms with Crippen LogP contribution in [0.15, 0.2) is 97.3 Å². The quantitative estimate of drug-likeness (QED) is 0.197. The van der Waals surface area contributed by atoms with Crippen LogP contribution in [0.1, 0.15) is 51.2 Å². The third kappa shape index (κ3) is 4.36. The smallest absolute Gasteiger partial charge is 0.292 e. The van der Waals surface area contributed by atoms with Crippen molar-refractivity contribution in [2.24, 2.45) is 0 Å². The largest absolute Gasteiger partial charge is 0.496 e. The molecule has 7 rings (SSSR count). The number of para-hydroxylation sites is 2. The summed E-state index contributed by atoms with van der Waals surface area (Å²) in [6.07, 6.45) is 3.00. The van der Waals surface area contributed by atoms with E-state index in [1.165, 1.54) is 47.2 Å². The number of aromatic nitrogens is 3. The number of alkyl halides is 2. The number of aryl methyl sites for hydroxylation is 1. The zero-order valence-electron chi connectivity index (χ0n) is 29.7. The van der Waals surface area contributed by atoms with Crippen LogP contribution in [-0.2, 0) is 11.3 Å². The summed E-state index contributed by atoms with van der Waals surface area (Å²) in [4.78, 5) is 8.93. The molecule has 0 amide bonds. The van der Waals surface area contributed by atoms with Crippen molar-refractivity contribution in [1.29, 1.82) is 0 Å². The van der Waals surface area contributed by atoms with Crippen LogP contribution in [0.4, 0.5) is 25.8 Å². The summed E-state index contributed by atoms with van der Waals surface area (Å²) in [6, 6.07) is 25.1. The van der Waals surface area contributed by atoms with Crippen LogP contribution in [0.25, 0.3) is 27.8 Å². The predicted octanol–water partition coefficient (Wildman–Crippen LogP) is 8.62. The molecule has 7 heteroatoms. The van der Waals surface area contributed by atoms with Crippen LogP contribution < -0.4 is 4.58 Å². The molecule has 4 heterocycles. The van der Waals surface area contributed by atoms with Gasteiger partial charge in [0.2, 0.25) is 5.69 Å². The Balaban J connectivity index is 1.44. The van der Waals surface area contributed by atoms with Crippen molar-refractivity contribution >= 4 is 45.0 Å². The SMILES string of the molecule is [2H]C([2H])([2H])c1ccnc(-n2c3cc(C(F)(F)c4cc([N+]5=C=[N+](C([2H])([2H])[2H])c6ccccc65)cc(C(C)(C)C)c4)ccc3c3ncccc32)c1. The molecule has 43 heavy (non-hydrogen) atoms. The lowest BCUT2D eigenvalue weighted by molar-refractivity contribution is -0.394. The van der Waals surface area contributed by atoms with E-state index in [4.69, 9.17) is 8.22 Å². The van der Waals surface area contributed by atoms with Crippen LogP contribution in [0, 0.1) is 6.85 Å². The highest BCUT2D eigenvalue weighted by atomic mass is 19.3. The van der Waals surface area contributed by atoms with Crippen molar-refractivity contribution in [2.45, 2.75) is 39.0 Å². The molecule has 0 atom stereocenters. The molecule has 3 aromatic heterocycles. The van der Waals surface area contributed by atoms with Gasteiger partial charge in [-0.15, -0.1) is 0 Å². The number of hydrogen-bond donors (Lipinski definition) is 0.